The Hall–Kier alpha value is -2.07. The summed E-state index contributed by atoms with van der Waals surface area (Å²) in [4.78, 5) is 11.0. The number of unbranched alkanes of at least 4 members (excludes halogenated alkanes) is 8. The van der Waals surface area contributed by atoms with E-state index in [0.717, 1.165) is 56.3 Å². The Bertz CT molecular complexity index is 861. The Kier molecular flexibility index (Phi) is 14.5. The van der Waals surface area contributed by atoms with Crippen molar-refractivity contribution in [1.29, 1.82) is 0 Å². The highest BCUT2D eigenvalue weighted by atomic mass is 32.2. The number of anilines is 1. The highest BCUT2D eigenvalue weighted by molar-refractivity contribution is 7.92. The van der Waals surface area contributed by atoms with Crippen molar-refractivity contribution < 1.29 is 13.2 Å². The SMILES string of the molecule is CCCCC/C=C\C/C=C\CCCCCCCC(N)=NS(=O)(=O)c1nnc(NC(C)=O)s1. The van der Waals surface area contributed by atoms with E-state index in [4.69, 9.17) is 5.73 Å². The molecular formula is C22H37N5O3S2. The number of aromatic nitrogens is 2. The second-order valence-electron chi connectivity index (χ2n) is 7.59. The van der Waals surface area contributed by atoms with Gasteiger partial charge in [-0.3, -0.25) is 4.79 Å². The molecule has 1 rings (SSSR count). The molecule has 3 N–H and O–H groups in total. The van der Waals surface area contributed by atoms with Crippen LogP contribution in [0, 0.1) is 0 Å². The lowest BCUT2D eigenvalue weighted by Gasteiger charge is -2.01. The van der Waals surface area contributed by atoms with Crippen LogP contribution >= 0.6 is 11.3 Å². The summed E-state index contributed by atoms with van der Waals surface area (Å²) in [5.41, 5.74) is 5.78. The van der Waals surface area contributed by atoms with E-state index in [1.165, 1.54) is 32.6 Å². The van der Waals surface area contributed by atoms with Gasteiger partial charge in [-0.25, -0.2) is 0 Å². The maximum Gasteiger partial charge on any atom is 0.313 e. The van der Waals surface area contributed by atoms with Crippen LogP contribution in [-0.2, 0) is 14.8 Å². The first-order valence-electron chi connectivity index (χ1n) is 11.4. The van der Waals surface area contributed by atoms with E-state index >= 15 is 0 Å². The van der Waals surface area contributed by atoms with E-state index < -0.39 is 10.0 Å². The maximum atomic E-state index is 12.2. The smallest absolute Gasteiger partial charge is 0.313 e. The number of sulfonamides is 1. The lowest BCUT2D eigenvalue weighted by molar-refractivity contribution is -0.114. The van der Waals surface area contributed by atoms with E-state index in [1.54, 1.807) is 0 Å². The van der Waals surface area contributed by atoms with Crippen LogP contribution in [0.2, 0.25) is 0 Å². The lowest BCUT2D eigenvalue weighted by atomic mass is 10.1. The lowest BCUT2D eigenvalue weighted by Crippen LogP contribution is -2.14. The number of amides is 1. The fraction of sp³-hybridized carbons (Fsp3) is 0.636. The molecule has 0 spiro atoms. The average Bonchev–Trinajstić information content (AvgIpc) is 3.19. The molecule has 0 radical (unpaired) electrons. The Labute approximate surface area is 196 Å². The van der Waals surface area contributed by atoms with Gasteiger partial charge in [0.05, 0.1) is 0 Å². The second kappa shape index (κ2) is 16.5. The van der Waals surface area contributed by atoms with Gasteiger partial charge in [-0.15, -0.1) is 14.6 Å². The molecular weight excluding hydrogens is 446 g/mol. The molecule has 0 saturated carbocycles. The Morgan fingerprint density at radius 1 is 1.00 bits per heavy atom. The van der Waals surface area contributed by atoms with E-state index in [9.17, 15) is 13.2 Å². The Balaban J connectivity index is 2.15. The van der Waals surface area contributed by atoms with Crippen LogP contribution in [0.15, 0.2) is 33.0 Å². The van der Waals surface area contributed by atoms with Crippen molar-refractivity contribution in [2.45, 2.75) is 95.2 Å². The van der Waals surface area contributed by atoms with Gasteiger partial charge in [-0.05, 0) is 38.5 Å². The molecule has 0 atom stereocenters. The van der Waals surface area contributed by atoms with Gasteiger partial charge in [0.15, 0.2) is 0 Å². The first kappa shape index (κ1) is 28.0. The number of hydrogen-bond donors (Lipinski definition) is 2. The minimum Gasteiger partial charge on any atom is -0.386 e. The largest absolute Gasteiger partial charge is 0.386 e. The molecule has 10 heteroatoms. The number of carbonyl (C=O) groups is 1. The van der Waals surface area contributed by atoms with Crippen LogP contribution in [0.4, 0.5) is 5.13 Å². The van der Waals surface area contributed by atoms with Crippen LogP contribution in [0.25, 0.3) is 0 Å². The molecule has 0 aromatic carbocycles. The molecule has 0 aliphatic heterocycles. The van der Waals surface area contributed by atoms with Crippen molar-refractivity contribution in [3.05, 3.63) is 24.3 Å². The van der Waals surface area contributed by atoms with E-state index in [0.29, 0.717) is 6.42 Å². The quantitative estimate of drug-likeness (QED) is 0.101. The number of nitrogens with one attached hydrogen (secondary N) is 1. The summed E-state index contributed by atoms with van der Waals surface area (Å²) >= 11 is 0.745. The number of hydrogen-bond acceptors (Lipinski definition) is 6. The molecule has 1 heterocycles. The standard InChI is InChI=1S/C22H37N5O3S2/c1-3-4-5-6-7-8-9-10-11-12-13-14-15-16-17-18-20(23)27-32(29,30)22-26-25-21(31-22)24-19(2)28/h7-8,10-11H,3-6,9,12-18H2,1-2H3,(H2,23,27)(H,24,25,28)/b8-7-,11-10-. The van der Waals surface area contributed by atoms with E-state index in [2.05, 4.69) is 51.1 Å². The first-order valence-corrected chi connectivity index (χ1v) is 13.6. The molecule has 32 heavy (non-hydrogen) atoms. The van der Waals surface area contributed by atoms with Crippen LogP contribution in [0.5, 0.6) is 0 Å². The average molecular weight is 484 g/mol. The van der Waals surface area contributed by atoms with E-state index in [1.807, 2.05) is 0 Å². The van der Waals surface area contributed by atoms with Crippen LogP contribution in [-0.4, -0.2) is 30.4 Å². The summed E-state index contributed by atoms with van der Waals surface area (Å²) in [6, 6.07) is 0. The number of allylic oxidation sites excluding steroid dienone is 4. The number of nitrogens with zero attached hydrogens (tertiary/aromatic N) is 3. The molecule has 8 nitrogen and oxygen atoms in total. The summed E-state index contributed by atoms with van der Waals surface area (Å²) in [5, 5.41) is 9.68. The van der Waals surface area contributed by atoms with Gasteiger partial charge >= 0.3 is 10.0 Å². The molecule has 180 valence electrons. The van der Waals surface area contributed by atoms with Crippen molar-refractivity contribution >= 4 is 38.2 Å². The van der Waals surface area contributed by atoms with Crippen molar-refractivity contribution in [2.24, 2.45) is 10.1 Å². The monoisotopic (exact) mass is 483 g/mol. The van der Waals surface area contributed by atoms with Crippen molar-refractivity contribution in [3.63, 3.8) is 0 Å². The third-order valence-corrected chi connectivity index (χ3v) is 7.04. The molecule has 0 fully saturated rings. The highest BCUT2D eigenvalue weighted by Gasteiger charge is 2.20. The molecule has 0 aliphatic rings. The summed E-state index contributed by atoms with van der Waals surface area (Å²) in [6.45, 7) is 3.52. The normalized spacial score (nSPS) is 12.8. The molecule has 1 aromatic rings. The zero-order chi connectivity index (χ0) is 23.7. The number of carbonyl (C=O) groups excluding carboxylic acids is 1. The predicted molar refractivity (Wildman–Crippen MR) is 132 cm³/mol. The fourth-order valence-corrected chi connectivity index (χ4v) is 4.79. The maximum absolute atomic E-state index is 12.2. The summed E-state index contributed by atoms with van der Waals surface area (Å²) in [6.07, 6.45) is 21.7. The Morgan fingerprint density at radius 2 is 1.62 bits per heavy atom. The molecule has 0 bridgehead atoms. The zero-order valence-electron chi connectivity index (χ0n) is 19.3. The molecule has 0 unspecified atom stereocenters. The number of amidine groups is 1. The summed E-state index contributed by atoms with van der Waals surface area (Å²) in [5.74, 6) is -0.290. The predicted octanol–water partition coefficient (Wildman–Crippen LogP) is 5.36. The highest BCUT2D eigenvalue weighted by Crippen LogP contribution is 2.21. The van der Waals surface area contributed by atoms with Gasteiger partial charge in [0, 0.05) is 13.3 Å². The van der Waals surface area contributed by atoms with Crippen molar-refractivity contribution in [2.75, 3.05) is 5.32 Å². The van der Waals surface area contributed by atoms with Gasteiger partial charge in [-0.2, -0.15) is 8.42 Å². The summed E-state index contributed by atoms with van der Waals surface area (Å²) in [7, 11) is -4.00. The molecule has 1 amide bonds. The third-order valence-electron chi connectivity index (χ3n) is 4.53. The Morgan fingerprint density at radius 3 is 2.28 bits per heavy atom. The first-order chi connectivity index (χ1) is 15.3. The van der Waals surface area contributed by atoms with Crippen molar-refractivity contribution in [3.8, 4) is 0 Å². The number of nitrogens with two attached hydrogens (primary N) is 1. The second-order valence-corrected chi connectivity index (χ2v) is 10.3. The van der Waals surface area contributed by atoms with Crippen molar-refractivity contribution in [1.82, 2.24) is 10.2 Å². The zero-order valence-corrected chi connectivity index (χ0v) is 20.9. The van der Waals surface area contributed by atoms with E-state index in [-0.39, 0.29) is 21.2 Å². The molecule has 0 aliphatic carbocycles. The van der Waals surface area contributed by atoms with Crippen LogP contribution in [0.3, 0.4) is 0 Å². The van der Waals surface area contributed by atoms with Gasteiger partial charge in [0.2, 0.25) is 11.0 Å². The van der Waals surface area contributed by atoms with Crippen LogP contribution in [0.1, 0.15) is 90.9 Å². The fourth-order valence-electron chi connectivity index (χ4n) is 2.87. The van der Waals surface area contributed by atoms with Gasteiger partial charge in [-0.1, -0.05) is 74.7 Å². The van der Waals surface area contributed by atoms with Gasteiger partial charge in [0.1, 0.15) is 5.84 Å². The topological polar surface area (TPSA) is 127 Å². The van der Waals surface area contributed by atoms with Gasteiger partial charge < -0.3 is 11.1 Å². The number of rotatable bonds is 17. The minimum atomic E-state index is -4.00. The van der Waals surface area contributed by atoms with Gasteiger partial charge in [0.25, 0.3) is 4.34 Å². The van der Waals surface area contributed by atoms with Crippen LogP contribution < -0.4 is 11.1 Å². The third kappa shape index (κ3) is 13.4. The molecule has 1 aromatic heterocycles. The summed E-state index contributed by atoms with van der Waals surface area (Å²) < 4.78 is 27.8. The molecule has 0 saturated heterocycles. The minimum absolute atomic E-state index is 0.0620.